The first kappa shape index (κ1) is 18.7. The lowest BCUT2D eigenvalue weighted by molar-refractivity contribution is 0.0945. The molecule has 1 amide bonds. The van der Waals surface area contributed by atoms with Crippen LogP contribution in [-0.4, -0.2) is 34.3 Å². The fourth-order valence-electron chi connectivity index (χ4n) is 2.49. The smallest absolute Gasteiger partial charge is 0.272 e. The van der Waals surface area contributed by atoms with E-state index in [1.54, 1.807) is 28.9 Å². The molecule has 0 fully saturated rings. The third-order valence-corrected chi connectivity index (χ3v) is 4.74. The molecule has 3 N–H and O–H groups in total. The number of rotatable bonds is 5. The van der Waals surface area contributed by atoms with Crippen molar-refractivity contribution in [2.75, 3.05) is 0 Å². The van der Waals surface area contributed by atoms with E-state index in [4.69, 9.17) is 5.14 Å². The van der Waals surface area contributed by atoms with Crippen LogP contribution in [0.3, 0.4) is 0 Å². The van der Waals surface area contributed by atoms with Crippen molar-refractivity contribution in [1.29, 1.82) is 0 Å². The summed E-state index contributed by atoms with van der Waals surface area (Å²) in [6.45, 7) is 4.00. The predicted octanol–water partition coefficient (Wildman–Crippen LogP) is 0.857. The molecule has 0 atom stereocenters. The molecule has 0 radical (unpaired) electrons. The molecule has 1 aromatic carbocycles. The summed E-state index contributed by atoms with van der Waals surface area (Å²) in [4.78, 5) is 12.2. The summed E-state index contributed by atoms with van der Waals surface area (Å²) >= 11 is 0. The van der Waals surface area contributed by atoms with Crippen molar-refractivity contribution in [2.24, 2.45) is 5.14 Å². The van der Waals surface area contributed by atoms with Crippen LogP contribution < -0.4 is 10.5 Å². The molecular weight excluding hydrogens is 368 g/mol. The highest BCUT2D eigenvalue weighted by Gasteiger charge is 2.11. The van der Waals surface area contributed by atoms with Gasteiger partial charge in [0.1, 0.15) is 0 Å². The summed E-state index contributed by atoms with van der Waals surface area (Å²) in [7, 11) is -3.74. The largest absolute Gasteiger partial charge is 0.347 e. The number of sulfonamides is 1. The number of hydrogen-bond donors (Lipinski definition) is 2. The molecular formula is C17H18N6O3S. The molecule has 27 heavy (non-hydrogen) atoms. The van der Waals surface area contributed by atoms with Gasteiger partial charge in [-0.2, -0.15) is 5.10 Å². The Kier molecular flexibility index (Phi) is 5.02. The molecule has 0 unspecified atom stereocenters. The van der Waals surface area contributed by atoms with Crippen molar-refractivity contribution >= 4 is 15.9 Å². The second-order valence-corrected chi connectivity index (χ2v) is 7.55. The second kappa shape index (κ2) is 7.25. The van der Waals surface area contributed by atoms with Gasteiger partial charge in [-0.1, -0.05) is 12.1 Å². The van der Waals surface area contributed by atoms with Crippen LogP contribution in [0.2, 0.25) is 0 Å². The van der Waals surface area contributed by atoms with Crippen molar-refractivity contribution in [3.63, 3.8) is 0 Å². The van der Waals surface area contributed by atoms with Gasteiger partial charge in [0.05, 0.1) is 10.6 Å². The Morgan fingerprint density at radius 2 is 1.81 bits per heavy atom. The van der Waals surface area contributed by atoms with E-state index in [1.165, 1.54) is 12.1 Å². The Morgan fingerprint density at radius 1 is 1.11 bits per heavy atom. The number of nitrogens with two attached hydrogens (primary N) is 1. The number of carbonyl (C=O) groups excluding carboxylic acids is 1. The predicted molar refractivity (Wildman–Crippen MR) is 97.6 cm³/mol. The highest BCUT2D eigenvalue weighted by Crippen LogP contribution is 2.10. The van der Waals surface area contributed by atoms with Crippen molar-refractivity contribution in [1.82, 2.24) is 25.3 Å². The van der Waals surface area contributed by atoms with E-state index in [0.29, 0.717) is 5.82 Å². The average molecular weight is 386 g/mol. The number of hydrogen-bond acceptors (Lipinski definition) is 6. The van der Waals surface area contributed by atoms with Crippen LogP contribution in [0.5, 0.6) is 0 Å². The maximum absolute atomic E-state index is 12.2. The van der Waals surface area contributed by atoms with Crippen LogP contribution >= 0.6 is 0 Å². The van der Waals surface area contributed by atoms with Crippen LogP contribution in [0.25, 0.3) is 5.82 Å². The molecule has 0 spiro atoms. The molecule has 0 saturated carbocycles. The number of aromatic nitrogens is 4. The van der Waals surface area contributed by atoms with Gasteiger partial charge in [0, 0.05) is 12.2 Å². The van der Waals surface area contributed by atoms with Gasteiger partial charge < -0.3 is 5.32 Å². The van der Waals surface area contributed by atoms with E-state index in [0.717, 1.165) is 17.0 Å². The van der Waals surface area contributed by atoms with Crippen LogP contribution in [-0.2, 0) is 16.6 Å². The summed E-state index contributed by atoms with van der Waals surface area (Å²) in [5, 5.41) is 20.1. The Morgan fingerprint density at radius 3 is 2.33 bits per heavy atom. The Labute approximate surface area is 156 Å². The van der Waals surface area contributed by atoms with E-state index in [9.17, 15) is 13.2 Å². The summed E-state index contributed by atoms with van der Waals surface area (Å²) in [6, 6.07) is 11.1. The zero-order valence-corrected chi connectivity index (χ0v) is 15.6. The molecule has 3 rings (SSSR count). The van der Waals surface area contributed by atoms with Gasteiger partial charge in [0.15, 0.2) is 11.5 Å². The zero-order valence-electron chi connectivity index (χ0n) is 14.7. The number of nitrogens with zero attached hydrogens (tertiary/aromatic N) is 4. The highest BCUT2D eigenvalue weighted by molar-refractivity contribution is 7.89. The van der Waals surface area contributed by atoms with E-state index < -0.39 is 15.9 Å². The number of primary sulfonamides is 1. The molecule has 0 saturated heterocycles. The standard InChI is InChI=1S/C17H18N6O3S/c1-11-9-12(2)23(22-11)16-8-7-15(20-21-16)17(24)19-10-13-3-5-14(6-4-13)27(18,25)26/h3-9H,10H2,1-2H3,(H,19,24)(H2,18,25,26). The van der Waals surface area contributed by atoms with Gasteiger partial charge in [0.25, 0.3) is 5.91 Å². The fourth-order valence-corrected chi connectivity index (χ4v) is 3.01. The number of aryl methyl sites for hydroxylation is 2. The summed E-state index contributed by atoms with van der Waals surface area (Å²) in [5.74, 6) is 0.133. The summed E-state index contributed by atoms with van der Waals surface area (Å²) in [5.41, 5.74) is 2.68. The molecule has 10 heteroatoms. The van der Waals surface area contributed by atoms with Crippen LogP contribution in [0.15, 0.2) is 47.4 Å². The summed E-state index contributed by atoms with van der Waals surface area (Å²) in [6.07, 6.45) is 0. The zero-order chi connectivity index (χ0) is 19.6. The van der Waals surface area contributed by atoms with Gasteiger partial charge in [-0.15, -0.1) is 10.2 Å². The fraction of sp³-hybridized carbons (Fsp3) is 0.176. The first-order chi connectivity index (χ1) is 12.7. The van der Waals surface area contributed by atoms with E-state index in [1.807, 2.05) is 19.9 Å². The molecule has 0 bridgehead atoms. The minimum atomic E-state index is -3.74. The molecule has 0 aliphatic heterocycles. The minimum Gasteiger partial charge on any atom is -0.347 e. The first-order valence-corrected chi connectivity index (χ1v) is 9.56. The molecule has 2 aromatic heterocycles. The third-order valence-electron chi connectivity index (χ3n) is 3.81. The monoisotopic (exact) mass is 386 g/mol. The van der Waals surface area contributed by atoms with Gasteiger partial charge in [-0.05, 0) is 49.7 Å². The van der Waals surface area contributed by atoms with Crippen molar-refractivity contribution < 1.29 is 13.2 Å². The number of benzene rings is 1. The van der Waals surface area contributed by atoms with Gasteiger partial charge in [0.2, 0.25) is 10.0 Å². The Bertz CT molecular complexity index is 1070. The lowest BCUT2D eigenvalue weighted by atomic mass is 10.2. The van der Waals surface area contributed by atoms with Crippen molar-refractivity contribution in [3.8, 4) is 5.82 Å². The van der Waals surface area contributed by atoms with E-state index >= 15 is 0 Å². The van der Waals surface area contributed by atoms with E-state index in [2.05, 4.69) is 20.6 Å². The molecule has 3 aromatic rings. The second-order valence-electron chi connectivity index (χ2n) is 5.99. The topological polar surface area (TPSA) is 133 Å². The Balaban J connectivity index is 1.65. The number of nitrogens with one attached hydrogen (secondary N) is 1. The first-order valence-electron chi connectivity index (χ1n) is 8.01. The minimum absolute atomic E-state index is 0.0168. The Hall–Kier alpha value is -3.11. The van der Waals surface area contributed by atoms with Gasteiger partial charge in [-0.25, -0.2) is 18.2 Å². The molecule has 0 aliphatic carbocycles. The maximum atomic E-state index is 12.2. The molecule has 2 heterocycles. The molecule has 9 nitrogen and oxygen atoms in total. The number of carbonyl (C=O) groups is 1. The van der Waals surface area contributed by atoms with Crippen LogP contribution in [0.4, 0.5) is 0 Å². The number of amides is 1. The average Bonchev–Trinajstić information content (AvgIpc) is 2.97. The lowest BCUT2D eigenvalue weighted by Crippen LogP contribution is -2.24. The van der Waals surface area contributed by atoms with Gasteiger partial charge >= 0.3 is 0 Å². The van der Waals surface area contributed by atoms with Crippen LogP contribution in [0.1, 0.15) is 27.4 Å². The van der Waals surface area contributed by atoms with Crippen molar-refractivity contribution in [3.05, 3.63) is 65.1 Å². The quantitative estimate of drug-likeness (QED) is 0.668. The maximum Gasteiger partial charge on any atom is 0.272 e. The molecule has 0 aliphatic rings. The van der Waals surface area contributed by atoms with Crippen LogP contribution in [0, 0.1) is 13.8 Å². The highest BCUT2D eigenvalue weighted by atomic mass is 32.2. The SMILES string of the molecule is Cc1cc(C)n(-c2ccc(C(=O)NCc3ccc(S(N)(=O)=O)cc3)nn2)n1. The van der Waals surface area contributed by atoms with E-state index in [-0.39, 0.29) is 17.1 Å². The normalized spacial score (nSPS) is 11.4. The summed E-state index contributed by atoms with van der Waals surface area (Å²) < 4.78 is 24.1. The molecule has 140 valence electrons. The lowest BCUT2D eigenvalue weighted by Gasteiger charge is -2.06. The van der Waals surface area contributed by atoms with Crippen molar-refractivity contribution in [2.45, 2.75) is 25.3 Å². The third kappa shape index (κ3) is 4.36. The van der Waals surface area contributed by atoms with Gasteiger partial charge in [-0.3, -0.25) is 4.79 Å².